The highest BCUT2D eigenvalue weighted by molar-refractivity contribution is 5.99. The second-order valence-corrected chi connectivity index (χ2v) is 8.24. The van der Waals surface area contributed by atoms with Gasteiger partial charge in [-0.15, -0.1) is 0 Å². The van der Waals surface area contributed by atoms with Crippen molar-refractivity contribution in [2.45, 2.75) is 38.1 Å². The van der Waals surface area contributed by atoms with Gasteiger partial charge in [-0.1, -0.05) is 24.3 Å². The molecule has 2 saturated heterocycles. The van der Waals surface area contributed by atoms with E-state index in [1.165, 1.54) is 6.33 Å². The van der Waals surface area contributed by atoms with E-state index in [0.29, 0.717) is 18.8 Å². The lowest BCUT2D eigenvalue weighted by Crippen LogP contribution is -2.42. The first-order chi connectivity index (χ1) is 14.0. The molecular formula is C21H23N5O3. The van der Waals surface area contributed by atoms with Gasteiger partial charge in [0.2, 0.25) is 11.8 Å². The number of carbonyl (C=O) groups is 2. The van der Waals surface area contributed by atoms with Crippen LogP contribution >= 0.6 is 0 Å². The molecule has 0 saturated carbocycles. The minimum atomic E-state index is -0.657. The third-order valence-corrected chi connectivity index (χ3v) is 6.09. The highest BCUT2D eigenvalue weighted by Crippen LogP contribution is 2.52. The lowest BCUT2D eigenvalue weighted by molar-refractivity contribution is -0.136. The lowest BCUT2D eigenvalue weighted by Gasteiger charge is -2.24. The summed E-state index contributed by atoms with van der Waals surface area (Å²) in [6, 6.07) is 7.69. The summed E-state index contributed by atoms with van der Waals surface area (Å²) in [5.41, 5.74) is 1.09. The summed E-state index contributed by atoms with van der Waals surface area (Å²) in [4.78, 5) is 31.8. The molecule has 1 aromatic carbocycles. The first kappa shape index (κ1) is 18.1. The maximum Gasteiger partial charge on any atom is 0.231 e. The summed E-state index contributed by atoms with van der Waals surface area (Å²) in [5, 5.41) is 7.06. The summed E-state index contributed by atoms with van der Waals surface area (Å²) in [6.45, 7) is 5.10. The normalized spacial score (nSPS) is 29.7. The summed E-state index contributed by atoms with van der Waals surface area (Å²) in [5.74, 6) is -1.12. The molecule has 0 aliphatic carbocycles. The Kier molecular flexibility index (Phi) is 4.06. The van der Waals surface area contributed by atoms with Gasteiger partial charge in [0.1, 0.15) is 18.3 Å². The zero-order valence-electron chi connectivity index (χ0n) is 16.4. The fourth-order valence-corrected chi connectivity index (χ4v) is 4.69. The molecule has 3 aliphatic rings. The number of hydrogen-bond acceptors (Lipinski definition) is 5. The molecule has 3 aliphatic heterocycles. The third kappa shape index (κ3) is 2.86. The Hall–Kier alpha value is -3.00. The number of amides is 2. The second-order valence-electron chi connectivity index (χ2n) is 8.24. The van der Waals surface area contributed by atoms with E-state index in [9.17, 15) is 9.59 Å². The molecule has 2 aromatic rings. The maximum absolute atomic E-state index is 13.1. The second kappa shape index (κ2) is 6.52. The van der Waals surface area contributed by atoms with Crippen molar-refractivity contribution in [3.63, 3.8) is 0 Å². The van der Waals surface area contributed by atoms with Gasteiger partial charge in [0.25, 0.3) is 0 Å². The van der Waals surface area contributed by atoms with Gasteiger partial charge in [0.15, 0.2) is 0 Å². The zero-order chi connectivity index (χ0) is 20.2. The van der Waals surface area contributed by atoms with Gasteiger partial charge < -0.3 is 15.0 Å². The quantitative estimate of drug-likeness (QED) is 0.777. The van der Waals surface area contributed by atoms with Gasteiger partial charge in [0.05, 0.1) is 31.0 Å². The molecule has 4 atom stereocenters. The van der Waals surface area contributed by atoms with Crippen molar-refractivity contribution < 1.29 is 14.3 Å². The van der Waals surface area contributed by atoms with E-state index in [2.05, 4.69) is 15.4 Å². The molecule has 29 heavy (non-hydrogen) atoms. The van der Waals surface area contributed by atoms with Crippen LogP contribution in [-0.4, -0.2) is 55.8 Å². The van der Waals surface area contributed by atoms with Gasteiger partial charge in [-0.05, 0) is 31.5 Å². The molecule has 2 bridgehead atoms. The fraction of sp³-hybridized carbons (Fsp3) is 0.429. The van der Waals surface area contributed by atoms with Crippen LogP contribution in [0.2, 0.25) is 0 Å². The monoisotopic (exact) mass is 393 g/mol. The van der Waals surface area contributed by atoms with E-state index >= 15 is 0 Å². The van der Waals surface area contributed by atoms with Crippen molar-refractivity contribution in [1.29, 1.82) is 0 Å². The topological polar surface area (TPSA) is 89.3 Å². The highest BCUT2D eigenvalue weighted by Gasteiger charge is 2.67. The van der Waals surface area contributed by atoms with Crippen LogP contribution in [0.25, 0.3) is 0 Å². The number of benzene rings is 1. The molecule has 0 unspecified atom stereocenters. The van der Waals surface area contributed by atoms with Crippen LogP contribution in [0.5, 0.6) is 0 Å². The van der Waals surface area contributed by atoms with Gasteiger partial charge in [-0.3, -0.25) is 9.59 Å². The lowest BCUT2D eigenvalue weighted by atomic mass is 9.76. The van der Waals surface area contributed by atoms with E-state index in [0.717, 1.165) is 5.56 Å². The van der Waals surface area contributed by atoms with Gasteiger partial charge in [-0.2, -0.15) is 5.10 Å². The van der Waals surface area contributed by atoms with Crippen LogP contribution in [0.4, 0.5) is 5.69 Å². The Labute approximate surface area is 168 Å². The fourth-order valence-electron chi connectivity index (χ4n) is 4.69. The number of aromatic nitrogens is 3. The zero-order valence-corrected chi connectivity index (χ0v) is 16.4. The Morgan fingerprint density at radius 2 is 2.14 bits per heavy atom. The molecule has 2 fully saturated rings. The average molecular weight is 393 g/mol. The van der Waals surface area contributed by atoms with Crippen LogP contribution in [0.15, 0.2) is 49.1 Å². The van der Waals surface area contributed by atoms with Crippen molar-refractivity contribution in [2.75, 3.05) is 11.9 Å². The van der Waals surface area contributed by atoms with Crippen molar-refractivity contribution in [1.82, 2.24) is 19.7 Å². The molecule has 150 valence electrons. The largest absolute Gasteiger partial charge is 0.360 e. The Bertz CT molecular complexity index is 969. The summed E-state index contributed by atoms with van der Waals surface area (Å²) in [6.07, 6.45) is 6.72. The number of rotatable bonds is 5. The SMILES string of the molecule is CC(C)N1C[C@@]23C=C[C@@H](O2)[C@@H](C(=O)Nc2ccc(Cn4cncn4)cc2)[C@H]3C1=O. The molecule has 1 N–H and O–H groups in total. The van der Waals surface area contributed by atoms with E-state index in [1.54, 1.807) is 11.0 Å². The van der Waals surface area contributed by atoms with Crippen LogP contribution in [0, 0.1) is 11.8 Å². The first-order valence-corrected chi connectivity index (χ1v) is 9.87. The van der Waals surface area contributed by atoms with Gasteiger partial charge in [-0.25, -0.2) is 9.67 Å². The molecule has 4 heterocycles. The molecule has 8 nitrogen and oxygen atoms in total. The molecule has 1 aromatic heterocycles. The van der Waals surface area contributed by atoms with Crippen molar-refractivity contribution >= 4 is 17.5 Å². The number of anilines is 1. The number of hydrogen-bond donors (Lipinski definition) is 1. The standard InChI is InChI=1S/C21H23N5O3/c1-13(2)26-10-21-8-7-16(29-21)17(18(21)20(26)28)19(27)24-15-5-3-14(4-6-15)9-25-12-22-11-23-25/h3-8,11-13,16-18H,9-10H2,1-2H3,(H,24,27)/t16-,17-,18+,21-/m1/s1. The van der Waals surface area contributed by atoms with E-state index < -0.39 is 17.4 Å². The number of carbonyl (C=O) groups excluding carboxylic acids is 2. The Balaban J connectivity index is 1.31. The maximum atomic E-state index is 13.1. The minimum Gasteiger partial charge on any atom is -0.360 e. The van der Waals surface area contributed by atoms with E-state index in [4.69, 9.17) is 4.74 Å². The van der Waals surface area contributed by atoms with Crippen LogP contribution < -0.4 is 5.32 Å². The third-order valence-electron chi connectivity index (χ3n) is 6.09. The van der Waals surface area contributed by atoms with E-state index in [1.807, 2.05) is 55.2 Å². The molecule has 2 amide bonds. The van der Waals surface area contributed by atoms with Gasteiger partial charge in [0, 0.05) is 11.7 Å². The molecule has 1 spiro atoms. The number of fused-ring (bicyclic) bond motifs is 1. The van der Waals surface area contributed by atoms with Crippen molar-refractivity contribution in [2.24, 2.45) is 11.8 Å². The van der Waals surface area contributed by atoms with Crippen LogP contribution in [-0.2, 0) is 20.9 Å². The Morgan fingerprint density at radius 1 is 1.34 bits per heavy atom. The summed E-state index contributed by atoms with van der Waals surface area (Å²) >= 11 is 0. The number of ether oxygens (including phenoxy) is 1. The van der Waals surface area contributed by atoms with Crippen LogP contribution in [0.3, 0.4) is 0 Å². The minimum absolute atomic E-state index is 0.00943. The summed E-state index contributed by atoms with van der Waals surface area (Å²) in [7, 11) is 0. The molecule has 0 radical (unpaired) electrons. The Morgan fingerprint density at radius 3 is 2.83 bits per heavy atom. The van der Waals surface area contributed by atoms with Crippen molar-refractivity contribution in [3.05, 3.63) is 54.6 Å². The van der Waals surface area contributed by atoms with Crippen molar-refractivity contribution in [3.8, 4) is 0 Å². The smallest absolute Gasteiger partial charge is 0.231 e. The first-order valence-electron chi connectivity index (χ1n) is 9.87. The van der Waals surface area contributed by atoms with Crippen LogP contribution in [0.1, 0.15) is 19.4 Å². The average Bonchev–Trinajstić information content (AvgIpc) is 3.45. The van der Waals surface area contributed by atoms with Gasteiger partial charge >= 0.3 is 0 Å². The predicted molar refractivity (Wildman–Crippen MR) is 105 cm³/mol. The number of likely N-dealkylation sites (tertiary alicyclic amines) is 1. The molecule has 8 heteroatoms. The summed E-state index contributed by atoms with van der Waals surface area (Å²) < 4.78 is 7.87. The molecular weight excluding hydrogens is 370 g/mol. The highest BCUT2D eigenvalue weighted by atomic mass is 16.5. The number of nitrogens with one attached hydrogen (secondary N) is 1. The number of nitrogens with zero attached hydrogens (tertiary/aromatic N) is 4. The van der Waals surface area contributed by atoms with E-state index in [-0.39, 0.29) is 24.0 Å². The predicted octanol–water partition coefficient (Wildman–Crippen LogP) is 1.46. The molecule has 5 rings (SSSR count).